The fourth-order valence-electron chi connectivity index (χ4n) is 6.73. The lowest BCUT2D eigenvalue weighted by molar-refractivity contribution is -0.134. The molecule has 5 rings (SSSR count). The van der Waals surface area contributed by atoms with Gasteiger partial charge in [-0.3, -0.25) is 14.4 Å². The van der Waals surface area contributed by atoms with E-state index in [9.17, 15) is 4.79 Å². The summed E-state index contributed by atoms with van der Waals surface area (Å²) in [7, 11) is 1.98. The van der Waals surface area contributed by atoms with Gasteiger partial charge in [-0.1, -0.05) is 39.0 Å². The molecule has 1 saturated heterocycles. The Morgan fingerprint density at radius 2 is 1.86 bits per heavy atom. The van der Waals surface area contributed by atoms with Gasteiger partial charge in [-0.15, -0.1) is 12.4 Å². The summed E-state index contributed by atoms with van der Waals surface area (Å²) < 4.78 is 1.92. The van der Waals surface area contributed by atoms with Crippen LogP contribution in [0, 0.1) is 17.3 Å². The number of ketones is 1. The van der Waals surface area contributed by atoms with Crippen LogP contribution in [0.1, 0.15) is 46.2 Å². The van der Waals surface area contributed by atoms with Crippen molar-refractivity contribution in [3.8, 4) is 0 Å². The maximum absolute atomic E-state index is 14.3. The monoisotopic (exact) mass is 416 g/mol. The van der Waals surface area contributed by atoms with Crippen LogP contribution in [0.25, 0.3) is 10.9 Å². The van der Waals surface area contributed by atoms with Crippen molar-refractivity contribution in [3.63, 3.8) is 0 Å². The van der Waals surface area contributed by atoms with Crippen molar-refractivity contribution in [2.24, 2.45) is 30.0 Å². The van der Waals surface area contributed by atoms with Gasteiger partial charge in [0.15, 0.2) is 5.78 Å². The van der Waals surface area contributed by atoms with Crippen molar-refractivity contribution in [1.82, 2.24) is 14.7 Å². The Kier molecular flexibility index (Phi) is 4.51. The first kappa shape index (κ1) is 20.8. The van der Waals surface area contributed by atoms with Gasteiger partial charge in [-0.05, 0) is 43.1 Å². The van der Waals surface area contributed by atoms with Crippen LogP contribution < -0.4 is 5.73 Å². The molecule has 3 unspecified atom stereocenters. The van der Waals surface area contributed by atoms with Gasteiger partial charge in [0.05, 0.1) is 22.2 Å². The standard InChI is InChI=1S/C23H32N4O.ClH/c1-14-12-27(13-16(14)24)23-18(21(23,2)3)10-11-22(4,20(23)28)19-15-8-6-7-9-17(15)26(5)25-19;/h6-9,14,16,18H,10-13,24H2,1-5H3;1H/t14-,16+,18?,22?,23?;/m0./s1. The summed E-state index contributed by atoms with van der Waals surface area (Å²) in [5.41, 5.74) is 7.47. The van der Waals surface area contributed by atoms with Crippen LogP contribution in [0.3, 0.4) is 0 Å². The quantitative estimate of drug-likeness (QED) is 0.815. The molecule has 1 aliphatic heterocycles. The van der Waals surface area contributed by atoms with Gasteiger partial charge >= 0.3 is 0 Å². The summed E-state index contributed by atoms with van der Waals surface area (Å²) in [6.07, 6.45) is 1.94. The Balaban J connectivity index is 0.00000205. The topological polar surface area (TPSA) is 64.2 Å². The summed E-state index contributed by atoms with van der Waals surface area (Å²) >= 11 is 0. The van der Waals surface area contributed by atoms with Crippen LogP contribution >= 0.6 is 12.4 Å². The van der Waals surface area contributed by atoms with E-state index in [1.54, 1.807) is 0 Å². The molecule has 0 spiro atoms. The summed E-state index contributed by atoms with van der Waals surface area (Å²) in [6.45, 7) is 10.7. The molecule has 2 N–H and O–H groups in total. The molecule has 29 heavy (non-hydrogen) atoms. The Morgan fingerprint density at radius 1 is 1.17 bits per heavy atom. The number of aromatic nitrogens is 2. The van der Waals surface area contributed by atoms with Gasteiger partial charge in [0, 0.05) is 31.6 Å². The predicted molar refractivity (Wildman–Crippen MR) is 118 cm³/mol. The normalized spacial score (nSPS) is 38.7. The molecule has 3 fully saturated rings. The van der Waals surface area contributed by atoms with Gasteiger partial charge in [0.25, 0.3) is 0 Å². The third-order valence-electron chi connectivity index (χ3n) is 8.50. The molecule has 2 aliphatic carbocycles. The maximum Gasteiger partial charge on any atom is 0.165 e. The van der Waals surface area contributed by atoms with Crippen molar-refractivity contribution in [2.75, 3.05) is 13.1 Å². The van der Waals surface area contributed by atoms with Crippen LogP contribution in [0.2, 0.25) is 0 Å². The molecule has 5 nitrogen and oxygen atoms in total. The molecule has 3 aliphatic rings. The number of para-hydroxylation sites is 1. The van der Waals surface area contributed by atoms with Crippen LogP contribution in [-0.4, -0.2) is 45.1 Å². The maximum atomic E-state index is 14.3. The van der Waals surface area contributed by atoms with Crippen molar-refractivity contribution >= 4 is 29.1 Å². The number of Topliss-reactive ketones (excluding diaryl/α,β-unsaturated/α-hetero) is 1. The molecule has 2 heterocycles. The highest BCUT2D eigenvalue weighted by molar-refractivity contribution is 6.05. The minimum Gasteiger partial charge on any atom is -0.326 e. The number of halogens is 1. The van der Waals surface area contributed by atoms with Crippen molar-refractivity contribution < 1.29 is 4.79 Å². The van der Waals surface area contributed by atoms with Crippen LogP contribution in [0.15, 0.2) is 24.3 Å². The fraction of sp³-hybridized carbons (Fsp3) is 0.652. The van der Waals surface area contributed by atoms with Gasteiger partial charge in [-0.25, -0.2) is 0 Å². The number of aryl methyl sites for hydroxylation is 1. The summed E-state index contributed by atoms with van der Waals surface area (Å²) in [4.78, 5) is 16.8. The predicted octanol–water partition coefficient (Wildman–Crippen LogP) is 3.29. The average Bonchev–Trinajstić information content (AvgIpc) is 2.89. The molecular weight excluding hydrogens is 384 g/mol. The SMILES string of the molecule is C[C@H]1CN(C23C(=O)C(C)(c4nn(C)c5ccccc45)CCC2C3(C)C)C[C@H]1N.Cl. The molecule has 0 radical (unpaired) electrons. The Hall–Kier alpha value is -1.43. The van der Waals surface area contributed by atoms with Crippen molar-refractivity contribution in [1.29, 1.82) is 0 Å². The van der Waals surface area contributed by atoms with Gasteiger partial charge < -0.3 is 5.73 Å². The van der Waals surface area contributed by atoms with E-state index in [1.165, 1.54) is 0 Å². The first-order chi connectivity index (χ1) is 13.2. The molecule has 2 saturated carbocycles. The highest BCUT2D eigenvalue weighted by Crippen LogP contribution is 2.72. The molecule has 6 heteroatoms. The minimum absolute atomic E-state index is 0. The third-order valence-corrected chi connectivity index (χ3v) is 8.50. The number of carbonyl (C=O) groups excluding carboxylic acids is 1. The average molecular weight is 417 g/mol. The van der Waals surface area contributed by atoms with E-state index in [-0.39, 0.29) is 29.4 Å². The molecular formula is C23H33ClN4O. The van der Waals surface area contributed by atoms with Crippen LogP contribution in [0.4, 0.5) is 0 Å². The highest BCUT2D eigenvalue weighted by Gasteiger charge is 2.81. The Morgan fingerprint density at radius 3 is 2.52 bits per heavy atom. The van der Waals surface area contributed by atoms with Crippen LogP contribution in [-0.2, 0) is 17.3 Å². The second-order valence-corrected chi connectivity index (χ2v) is 10.3. The zero-order valence-electron chi connectivity index (χ0n) is 18.1. The van der Waals surface area contributed by atoms with E-state index in [0.29, 0.717) is 17.6 Å². The number of carbonyl (C=O) groups is 1. The number of nitrogens with two attached hydrogens (primary N) is 1. The number of hydrogen-bond acceptors (Lipinski definition) is 4. The summed E-state index contributed by atoms with van der Waals surface area (Å²) in [6, 6.07) is 8.44. The minimum atomic E-state index is -0.555. The van der Waals surface area contributed by atoms with E-state index >= 15 is 0 Å². The fourth-order valence-corrected chi connectivity index (χ4v) is 6.73. The highest BCUT2D eigenvalue weighted by atomic mass is 35.5. The number of nitrogens with zero attached hydrogens (tertiary/aromatic N) is 3. The Bertz CT molecular complexity index is 974. The van der Waals surface area contributed by atoms with Crippen molar-refractivity contribution in [3.05, 3.63) is 30.0 Å². The van der Waals surface area contributed by atoms with Gasteiger partial charge in [-0.2, -0.15) is 5.10 Å². The zero-order valence-corrected chi connectivity index (χ0v) is 18.9. The lowest BCUT2D eigenvalue weighted by atomic mass is 9.68. The molecule has 0 amide bonds. The van der Waals surface area contributed by atoms with Gasteiger partial charge in [0.1, 0.15) is 0 Å². The number of rotatable bonds is 2. The third kappa shape index (κ3) is 2.35. The first-order valence-corrected chi connectivity index (χ1v) is 10.6. The number of likely N-dealkylation sites (tertiary alicyclic amines) is 1. The summed E-state index contributed by atoms with van der Waals surface area (Å²) in [5, 5.41) is 5.99. The van der Waals surface area contributed by atoms with E-state index < -0.39 is 5.41 Å². The number of hydrogen-bond donors (Lipinski definition) is 1. The molecule has 5 atom stereocenters. The molecule has 2 aromatic rings. The van der Waals surface area contributed by atoms with E-state index in [0.717, 1.165) is 42.5 Å². The Labute approximate surface area is 179 Å². The van der Waals surface area contributed by atoms with E-state index in [1.807, 2.05) is 23.9 Å². The van der Waals surface area contributed by atoms with Crippen molar-refractivity contribution in [2.45, 2.75) is 57.5 Å². The van der Waals surface area contributed by atoms with Gasteiger partial charge in [0.2, 0.25) is 0 Å². The molecule has 1 aromatic carbocycles. The zero-order chi connectivity index (χ0) is 20.1. The van der Waals surface area contributed by atoms with E-state index in [4.69, 9.17) is 10.8 Å². The second kappa shape index (κ2) is 6.29. The number of benzene rings is 1. The smallest absolute Gasteiger partial charge is 0.165 e. The number of fused-ring (bicyclic) bond motifs is 2. The molecule has 1 aromatic heterocycles. The lowest BCUT2D eigenvalue weighted by Gasteiger charge is -2.41. The van der Waals surface area contributed by atoms with Crippen LogP contribution in [0.5, 0.6) is 0 Å². The molecule has 0 bridgehead atoms. The largest absolute Gasteiger partial charge is 0.326 e. The second-order valence-electron chi connectivity index (χ2n) is 10.3. The van der Waals surface area contributed by atoms with E-state index in [2.05, 4.69) is 44.7 Å². The lowest BCUT2D eigenvalue weighted by Crippen LogP contribution is -2.56. The molecule has 158 valence electrons. The first-order valence-electron chi connectivity index (χ1n) is 10.6. The summed E-state index contributed by atoms with van der Waals surface area (Å²) in [5.74, 6) is 1.22.